The van der Waals surface area contributed by atoms with Crippen molar-refractivity contribution in [2.24, 2.45) is 0 Å². The lowest BCUT2D eigenvalue weighted by Crippen LogP contribution is -2.32. The van der Waals surface area contributed by atoms with Gasteiger partial charge in [-0.15, -0.1) is 0 Å². The molecule has 3 nitrogen and oxygen atoms in total. The molecule has 30 heavy (non-hydrogen) atoms. The number of nitrogens with zero attached hydrogens (tertiary/aromatic N) is 2. The van der Waals surface area contributed by atoms with Crippen LogP contribution in [-0.2, 0) is 5.41 Å². The van der Waals surface area contributed by atoms with Crippen LogP contribution in [0, 0.1) is 5.82 Å². The number of halogens is 2. The third-order valence-electron chi connectivity index (χ3n) is 5.49. The van der Waals surface area contributed by atoms with Gasteiger partial charge >= 0.3 is 0 Å². The summed E-state index contributed by atoms with van der Waals surface area (Å²) in [6, 6.07) is 30.1. The first-order chi connectivity index (χ1) is 14.7. The number of aromatic amines is 1. The second-order valence-corrected chi connectivity index (χ2v) is 7.86. The number of benzene rings is 3. The van der Waals surface area contributed by atoms with Crippen LogP contribution < -0.4 is 0 Å². The van der Waals surface area contributed by atoms with Gasteiger partial charge in [0, 0.05) is 5.56 Å². The first-order valence-corrected chi connectivity index (χ1v) is 10.4. The minimum atomic E-state index is -0.901. The molecule has 1 N–H and O–H groups in total. The maximum atomic E-state index is 15.8. The minimum absolute atomic E-state index is 0.388. The number of fused-ring (bicyclic) bond motifs is 1. The molecule has 2 aromatic heterocycles. The molecule has 0 saturated carbocycles. The summed E-state index contributed by atoms with van der Waals surface area (Å²) >= 11 is 3.54. The van der Waals surface area contributed by atoms with Crippen molar-refractivity contribution in [2.75, 3.05) is 0 Å². The van der Waals surface area contributed by atoms with Gasteiger partial charge in [-0.05, 0) is 32.6 Å². The third kappa shape index (κ3) is 2.77. The first-order valence-electron chi connectivity index (χ1n) is 9.58. The highest BCUT2D eigenvalue weighted by Gasteiger charge is 2.42. The van der Waals surface area contributed by atoms with Crippen LogP contribution in [0.3, 0.4) is 0 Å². The fourth-order valence-corrected chi connectivity index (χ4v) is 4.76. The van der Waals surface area contributed by atoms with Crippen LogP contribution in [0.15, 0.2) is 102 Å². The molecule has 0 aliphatic heterocycles. The van der Waals surface area contributed by atoms with Gasteiger partial charge in [0.25, 0.3) is 0 Å². The van der Waals surface area contributed by atoms with Crippen molar-refractivity contribution in [2.45, 2.75) is 5.41 Å². The zero-order chi connectivity index (χ0) is 20.6. The number of rotatable bonds is 4. The Morgan fingerprint density at radius 3 is 1.67 bits per heavy atom. The van der Waals surface area contributed by atoms with E-state index in [1.165, 1.54) is 6.20 Å². The predicted molar refractivity (Wildman–Crippen MR) is 120 cm³/mol. The topological polar surface area (TPSA) is 41.6 Å². The summed E-state index contributed by atoms with van der Waals surface area (Å²) in [7, 11) is 0. The van der Waals surface area contributed by atoms with E-state index in [-0.39, 0.29) is 5.82 Å². The smallest absolute Gasteiger partial charge is 0.182 e. The average Bonchev–Trinajstić information content (AvgIpc) is 3.18. The molecule has 2 heterocycles. The predicted octanol–water partition coefficient (Wildman–Crippen LogP) is 6.24. The molecule has 0 fully saturated rings. The third-order valence-corrected chi connectivity index (χ3v) is 6.06. The largest absolute Gasteiger partial charge is 0.269 e. The van der Waals surface area contributed by atoms with Gasteiger partial charge in [-0.25, -0.2) is 9.37 Å². The van der Waals surface area contributed by atoms with Crippen molar-refractivity contribution in [3.05, 3.63) is 130 Å². The van der Waals surface area contributed by atoms with Crippen LogP contribution in [0.5, 0.6) is 0 Å². The van der Waals surface area contributed by atoms with Crippen molar-refractivity contribution in [1.82, 2.24) is 15.2 Å². The Labute approximate surface area is 181 Å². The highest BCUT2D eigenvalue weighted by molar-refractivity contribution is 9.10. The minimum Gasteiger partial charge on any atom is -0.269 e. The van der Waals surface area contributed by atoms with Gasteiger partial charge in [-0.2, -0.15) is 5.10 Å². The van der Waals surface area contributed by atoms with Crippen molar-refractivity contribution in [1.29, 1.82) is 0 Å². The Bertz CT molecular complexity index is 1210. The summed E-state index contributed by atoms with van der Waals surface area (Å²) in [6.07, 6.45) is 1.26. The molecule has 5 heteroatoms. The van der Waals surface area contributed by atoms with Crippen molar-refractivity contribution < 1.29 is 4.39 Å². The van der Waals surface area contributed by atoms with Crippen LogP contribution in [0.2, 0.25) is 0 Å². The van der Waals surface area contributed by atoms with E-state index in [4.69, 9.17) is 0 Å². The molecule has 0 unspecified atom stereocenters. The van der Waals surface area contributed by atoms with E-state index in [2.05, 4.69) is 31.1 Å². The lowest BCUT2D eigenvalue weighted by molar-refractivity contribution is 0.580. The highest BCUT2D eigenvalue weighted by Crippen LogP contribution is 2.48. The molecule has 0 saturated heterocycles. The monoisotopic (exact) mass is 457 g/mol. The molecule has 0 amide bonds. The molecule has 0 bridgehead atoms. The summed E-state index contributed by atoms with van der Waals surface area (Å²) in [5.41, 5.74) is 2.95. The van der Waals surface area contributed by atoms with Crippen molar-refractivity contribution in [3.8, 4) is 0 Å². The second-order valence-electron chi connectivity index (χ2n) is 7.07. The molecule has 0 spiro atoms. The van der Waals surface area contributed by atoms with Gasteiger partial charge < -0.3 is 0 Å². The van der Waals surface area contributed by atoms with E-state index >= 15 is 4.39 Å². The Morgan fingerprint density at radius 2 is 1.20 bits per heavy atom. The van der Waals surface area contributed by atoms with Gasteiger partial charge in [0.05, 0.1) is 17.0 Å². The van der Waals surface area contributed by atoms with Crippen molar-refractivity contribution in [3.63, 3.8) is 0 Å². The molecular formula is C25H17BrFN3. The van der Waals surface area contributed by atoms with E-state index in [0.717, 1.165) is 16.7 Å². The van der Waals surface area contributed by atoms with Gasteiger partial charge in [0.2, 0.25) is 0 Å². The van der Waals surface area contributed by atoms with Crippen LogP contribution >= 0.6 is 15.9 Å². The number of aromatic nitrogens is 3. The molecule has 0 radical (unpaired) electrons. The Hall–Kier alpha value is -3.31. The number of hydrogen-bond acceptors (Lipinski definition) is 2. The zero-order valence-electron chi connectivity index (χ0n) is 15.9. The highest BCUT2D eigenvalue weighted by atomic mass is 79.9. The Kier molecular flexibility index (Phi) is 4.68. The van der Waals surface area contributed by atoms with Crippen LogP contribution in [0.1, 0.15) is 22.3 Å². The Morgan fingerprint density at radius 1 is 0.733 bits per heavy atom. The molecule has 0 aliphatic rings. The summed E-state index contributed by atoms with van der Waals surface area (Å²) in [4.78, 5) is 4.21. The molecule has 3 aromatic carbocycles. The van der Waals surface area contributed by atoms with Crippen LogP contribution in [0.4, 0.5) is 4.39 Å². The number of hydrogen-bond donors (Lipinski definition) is 1. The van der Waals surface area contributed by atoms with Gasteiger partial charge in [-0.1, -0.05) is 91.0 Å². The zero-order valence-corrected chi connectivity index (χ0v) is 17.5. The lowest BCUT2D eigenvalue weighted by Gasteiger charge is -2.37. The van der Waals surface area contributed by atoms with E-state index in [1.807, 2.05) is 91.0 Å². The number of pyridine rings is 1. The Balaban J connectivity index is 2.04. The maximum Gasteiger partial charge on any atom is 0.182 e. The molecule has 0 aliphatic carbocycles. The van der Waals surface area contributed by atoms with Crippen LogP contribution in [0.25, 0.3) is 11.0 Å². The average molecular weight is 458 g/mol. The fraction of sp³-hybridized carbons (Fsp3) is 0.0400. The van der Waals surface area contributed by atoms with Crippen molar-refractivity contribution >= 4 is 27.0 Å². The van der Waals surface area contributed by atoms with E-state index in [1.54, 1.807) is 0 Å². The molecule has 0 atom stereocenters. The lowest BCUT2D eigenvalue weighted by atomic mass is 9.64. The normalized spacial score (nSPS) is 11.7. The fourth-order valence-electron chi connectivity index (χ4n) is 4.29. The quantitative estimate of drug-likeness (QED) is 0.324. The summed E-state index contributed by atoms with van der Waals surface area (Å²) in [5.74, 6) is -0.388. The standard InChI is InChI=1S/C25H17BrFN3/c26-23-21-22(20(27)16-28-24(21)30-29-23)25(17-10-4-1-5-11-17,18-12-6-2-7-13-18)19-14-8-3-9-15-19/h1-16H,(H,28,29,30). The molecule has 146 valence electrons. The summed E-state index contributed by atoms with van der Waals surface area (Å²) < 4.78 is 16.4. The maximum absolute atomic E-state index is 15.8. The summed E-state index contributed by atoms with van der Waals surface area (Å²) in [5, 5.41) is 7.80. The van der Waals surface area contributed by atoms with E-state index < -0.39 is 5.41 Å². The molecule has 5 aromatic rings. The first kappa shape index (κ1) is 18.7. The van der Waals surface area contributed by atoms with E-state index in [0.29, 0.717) is 21.2 Å². The number of nitrogens with one attached hydrogen (secondary N) is 1. The second kappa shape index (κ2) is 7.50. The number of H-pyrrole nitrogens is 1. The van der Waals surface area contributed by atoms with Crippen LogP contribution in [-0.4, -0.2) is 15.2 Å². The summed E-state index contributed by atoms with van der Waals surface area (Å²) in [6.45, 7) is 0. The van der Waals surface area contributed by atoms with Gasteiger partial charge in [-0.3, -0.25) is 5.10 Å². The van der Waals surface area contributed by atoms with Gasteiger partial charge in [0.1, 0.15) is 10.4 Å². The SMILES string of the molecule is Fc1cnc2n[nH]c(Br)c2c1C(c1ccccc1)(c1ccccc1)c1ccccc1. The van der Waals surface area contributed by atoms with Gasteiger partial charge in [0.15, 0.2) is 5.65 Å². The van der Waals surface area contributed by atoms with E-state index in [9.17, 15) is 0 Å². The molecule has 5 rings (SSSR count). The molecular weight excluding hydrogens is 441 g/mol.